The summed E-state index contributed by atoms with van der Waals surface area (Å²) in [5.41, 5.74) is 8.72. The van der Waals surface area contributed by atoms with Crippen molar-refractivity contribution in [3.8, 4) is 0 Å². The lowest BCUT2D eigenvalue weighted by molar-refractivity contribution is 0.598. The number of hydrogen-bond donors (Lipinski definition) is 3. The highest BCUT2D eigenvalue weighted by Gasteiger charge is 2.11. The van der Waals surface area contributed by atoms with Gasteiger partial charge in [0, 0.05) is 25.4 Å². The molecule has 2 rings (SSSR count). The third kappa shape index (κ3) is 3.09. The molecule has 8 heteroatoms. The molecular weight excluding hydrogens is 278 g/mol. The van der Waals surface area contributed by atoms with Crippen LogP contribution in [0.1, 0.15) is 11.3 Å². The number of aromatic nitrogens is 2. The minimum absolute atomic E-state index is 0.0251. The van der Waals surface area contributed by atoms with Gasteiger partial charge in [-0.1, -0.05) is 0 Å². The van der Waals surface area contributed by atoms with Crippen molar-refractivity contribution < 1.29 is 8.42 Å². The van der Waals surface area contributed by atoms with Crippen molar-refractivity contribution in [2.24, 2.45) is 12.2 Å². The first-order chi connectivity index (χ1) is 9.27. The van der Waals surface area contributed by atoms with Crippen LogP contribution in [0.2, 0.25) is 0 Å². The summed E-state index contributed by atoms with van der Waals surface area (Å²) in [6.07, 6.45) is 1.89. The van der Waals surface area contributed by atoms with Gasteiger partial charge >= 0.3 is 0 Å². The summed E-state index contributed by atoms with van der Waals surface area (Å²) in [5.74, 6) is 0. The smallest absolute Gasteiger partial charge is 0.238 e. The van der Waals surface area contributed by atoms with E-state index in [4.69, 9.17) is 10.9 Å². The second-order valence-corrected chi connectivity index (χ2v) is 6.12. The van der Waals surface area contributed by atoms with E-state index in [0.29, 0.717) is 17.9 Å². The Bertz CT molecular complexity index is 736. The van der Waals surface area contributed by atoms with Gasteiger partial charge in [-0.3, -0.25) is 4.68 Å². The fourth-order valence-electron chi connectivity index (χ4n) is 1.88. The average Bonchev–Trinajstić information content (AvgIpc) is 2.65. The summed E-state index contributed by atoms with van der Waals surface area (Å²) in [7, 11) is -1.90. The molecule has 0 fully saturated rings. The fourth-order valence-corrected chi connectivity index (χ4v) is 2.42. The number of rotatable bonds is 4. The number of nitrogens with one attached hydrogen (secondary N) is 1. The topological polar surface area (TPSA) is 116 Å². The Balaban J connectivity index is 2.23. The first-order valence-corrected chi connectivity index (χ1v) is 7.47. The lowest BCUT2D eigenvalue weighted by atomic mass is 10.2. The molecule has 0 bridgehead atoms. The van der Waals surface area contributed by atoms with Gasteiger partial charge in [-0.25, -0.2) is 13.6 Å². The molecule has 108 valence electrons. The molecule has 0 aliphatic carbocycles. The van der Waals surface area contributed by atoms with E-state index in [2.05, 4.69) is 10.4 Å². The van der Waals surface area contributed by atoms with Gasteiger partial charge in [0.1, 0.15) is 0 Å². The Hall–Kier alpha value is -2.06. The van der Waals surface area contributed by atoms with Crippen LogP contribution in [-0.4, -0.2) is 18.2 Å². The van der Waals surface area contributed by atoms with E-state index in [-0.39, 0.29) is 4.90 Å². The molecular formula is C12H17N5O2S. The fraction of sp³-hybridized carbons (Fsp3) is 0.250. The summed E-state index contributed by atoms with van der Waals surface area (Å²) < 4.78 is 24.4. The van der Waals surface area contributed by atoms with Crippen LogP contribution in [-0.2, 0) is 23.6 Å². The van der Waals surface area contributed by atoms with Gasteiger partial charge in [0.05, 0.1) is 22.0 Å². The zero-order valence-corrected chi connectivity index (χ0v) is 12.1. The summed E-state index contributed by atoms with van der Waals surface area (Å²) in [4.78, 5) is 0.0251. The van der Waals surface area contributed by atoms with Gasteiger partial charge in [-0.05, 0) is 25.1 Å². The van der Waals surface area contributed by atoms with Gasteiger partial charge in [-0.2, -0.15) is 5.10 Å². The summed E-state index contributed by atoms with van der Waals surface area (Å²) >= 11 is 0. The third-order valence-corrected chi connectivity index (χ3v) is 3.85. The SMILES string of the molecule is Cc1nn(C)cc1CNc1cc(S(N)(=O)=O)ccc1N. The van der Waals surface area contributed by atoms with Gasteiger partial charge in [0.25, 0.3) is 0 Å². The molecule has 0 spiro atoms. The first kappa shape index (κ1) is 14.4. The van der Waals surface area contributed by atoms with E-state index in [1.54, 1.807) is 4.68 Å². The highest BCUT2D eigenvalue weighted by atomic mass is 32.2. The maximum absolute atomic E-state index is 11.3. The first-order valence-electron chi connectivity index (χ1n) is 5.92. The van der Waals surface area contributed by atoms with Crippen molar-refractivity contribution in [2.45, 2.75) is 18.4 Å². The molecule has 0 saturated heterocycles. The van der Waals surface area contributed by atoms with Crippen LogP contribution < -0.4 is 16.2 Å². The van der Waals surface area contributed by atoms with Crippen molar-refractivity contribution in [1.29, 1.82) is 0 Å². The van der Waals surface area contributed by atoms with Crippen LogP contribution in [0.15, 0.2) is 29.3 Å². The molecule has 1 aromatic carbocycles. The number of anilines is 2. The Morgan fingerprint density at radius 1 is 1.40 bits per heavy atom. The lowest BCUT2D eigenvalue weighted by Crippen LogP contribution is -2.13. The van der Waals surface area contributed by atoms with Crippen LogP contribution >= 0.6 is 0 Å². The summed E-state index contributed by atoms with van der Waals surface area (Å²) in [5, 5.41) is 12.4. The molecule has 1 aromatic heterocycles. The monoisotopic (exact) mass is 295 g/mol. The number of aryl methyl sites for hydroxylation is 2. The van der Waals surface area contributed by atoms with E-state index < -0.39 is 10.0 Å². The van der Waals surface area contributed by atoms with E-state index >= 15 is 0 Å². The summed E-state index contributed by atoms with van der Waals surface area (Å²) in [6.45, 7) is 2.40. The molecule has 0 aliphatic heterocycles. The second-order valence-electron chi connectivity index (χ2n) is 4.56. The number of nitrogens with two attached hydrogens (primary N) is 2. The minimum Gasteiger partial charge on any atom is -0.397 e. The molecule has 0 radical (unpaired) electrons. The molecule has 0 atom stereocenters. The molecule has 2 aromatic rings. The van der Waals surface area contributed by atoms with E-state index in [1.807, 2.05) is 20.2 Å². The third-order valence-electron chi connectivity index (χ3n) is 2.94. The van der Waals surface area contributed by atoms with E-state index in [1.165, 1.54) is 18.2 Å². The molecule has 7 nitrogen and oxygen atoms in total. The maximum atomic E-state index is 11.3. The minimum atomic E-state index is -3.74. The molecule has 0 aliphatic rings. The van der Waals surface area contributed by atoms with Gasteiger partial charge in [0.15, 0.2) is 0 Å². The van der Waals surface area contributed by atoms with Gasteiger partial charge in [-0.15, -0.1) is 0 Å². The highest BCUT2D eigenvalue weighted by molar-refractivity contribution is 7.89. The number of hydrogen-bond acceptors (Lipinski definition) is 5. The molecule has 5 N–H and O–H groups in total. The standard InChI is InChI=1S/C12H17N5O2S/c1-8-9(7-17(2)16-8)6-15-12-5-10(20(14,18)19)3-4-11(12)13/h3-5,7,15H,6,13H2,1-2H3,(H2,14,18,19). The molecule has 0 unspecified atom stereocenters. The largest absolute Gasteiger partial charge is 0.397 e. The number of sulfonamides is 1. The normalized spacial score (nSPS) is 11.6. The van der Waals surface area contributed by atoms with Crippen molar-refractivity contribution in [3.63, 3.8) is 0 Å². The van der Waals surface area contributed by atoms with Crippen LogP contribution in [0.4, 0.5) is 11.4 Å². The van der Waals surface area contributed by atoms with Crippen molar-refractivity contribution >= 4 is 21.4 Å². The summed E-state index contributed by atoms with van der Waals surface area (Å²) in [6, 6.07) is 4.32. The highest BCUT2D eigenvalue weighted by Crippen LogP contribution is 2.23. The molecule has 0 saturated carbocycles. The predicted octanol–water partition coefficient (Wildman–Crippen LogP) is 0.570. The Morgan fingerprint density at radius 3 is 2.65 bits per heavy atom. The molecule has 1 heterocycles. The quantitative estimate of drug-likeness (QED) is 0.713. The zero-order valence-electron chi connectivity index (χ0n) is 11.3. The van der Waals surface area contributed by atoms with Gasteiger partial charge in [0.2, 0.25) is 10.0 Å². The number of nitrogen functional groups attached to an aromatic ring is 1. The number of nitrogens with zero attached hydrogens (tertiary/aromatic N) is 2. The Kier molecular flexibility index (Phi) is 3.69. The van der Waals surface area contributed by atoms with Crippen LogP contribution in [0.5, 0.6) is 0 Å². The van der Waals surface area contributed by atoms with E-state index in [0.717, 1.165) is 11.3 Å². The lowest BCUT2D eigenvalue weighted by Gasteiger charge is -2.10. The van der Waals surface area contributed by atoms with Crippen LogP contribution in [0.25, 0.3) is 0 Å². The van der Waals surface area contributed by atoms with Crippen molar-refractivity contribution in [2.75, 3.05) is 11.1 Å². The molecule has 0 amide bonds. The zero-order chi connectivity index (χ0) is 14.9. The maximum Gasteiger partial charge on any atom is 0.238 e. The van der Waals surface area contributed by atoms with Crippen LogP contribution in [0.3, 0.4) is 0 Å². The Labute approximate surface area is 117 Å². The van der Waals surface area contributed by atoms with Crippen molar-refractivity contribution in [3.05, 3.63) is 35.7 Å². The molecule has 20 heavy (non-hydrogen) atoms. The van der Waals surface area contributed by atoms with Gasteiger partial charge < -0.3 is 11.1 Å². The predicted molar refractivity (Wildman–Crippen MR) is 77.5 cm³/mol. The van der Waals surface area contributed by atoms with Crippen LogP contribution in [0, 0.1) is 6.92 Å². The number of benzene rings is 1. The Morgan fingerprint density at radius 2 is 2.10 bits per heavy atom. The average molecular weight is 295 g/mol. The number of primary sulfonamides is 1. The van der Waals surface area contributed by atoms with E-state index in [9.17, 15) is 8.42 Å². The second kappa shape index (κ2) is 5.14. The van der Waals surface area contributed by atoms with Crippen molar-refractivity contribution in [1.82, 2.24) is 9.78 Å².